The van der Waals surface area contributed by atoms with Crippen LogP contribution in [0.1, 0.15) is 16.3 Å². The lowest BCUT2D eigenvalue weighted by Crippen LogP contribution is -2.16. The third kappa shape index (κ3) is 4.45. The Morgan fingerprint density at radius 2 is 1.93 bits per heavy atom. The lowest BCUT2D eigenvalue weighted by molar-refractivity contribution is -0.112. The molecule has 3 aromatic rings. The Balaban J connectivity index is 1.77. The Morgan fingerprint density at radius 3 is 2.47 bits per heavy atom. The number of aliphatic hydroxyl groups excluding tert-OH is 1. The maximum atomic E-state index is 12.4. The van der Waals surface area contributed by atoms with Gasteiger partial charge in [-0.2, -0.15) is 5.26 Å². The van der Waals surface area contributed by atoms with Gasteiger partial charge in [-0.05, 0) is 38.1 Å². The number of amides is 1. The number of anilines is 2. The van der Waals surface area contributed by atoms with E-state index in [-0.39, 0.29) is 27.0 Å². The van der Waals surface area contributed by atoms with E-state index < -0.39 is 27.3 Å². The van der Waals surface area contributed by atoms with Crippen LogP contribution in [-0.4, -0.2) is 34.8 Å². The molecule has 0 bridgehead atoms. The van der Waals surface area contributed by atoms with E-state index in [1.54, 1.807) is 13.0 Å². The molecule has 11 nitrogen and oxygen atoms in total. The summed E-state index contributed by atoms with van der Waals surface area (Å²) in [6, 6.07) is 6.86. The summed E-state index contributed by atoms with van der Waals surface area (Å²) in [5.74, 6) is -1.22. The third-order valence-electron chi connectivity index (χ3n) is 3.75. The molecule has 1 amide bonds. The van der Waals surface area contributed by atoms with Crippen LogP contribution in [0.3, 0.4) is 0 Å². The van der Waals surface area contributed by atoms with Crippen molar-refractivity contribution in [3.05, 3.63) is 52.4 Å². The second-order valence-electron chi connectivity index (χ2n) is 5.84. The van der Waals surface area contributed by atoms with Crippen LogP contribution in [0.2, 0.25) is 0 Å². The first-order valence-corrected chi connectivity index (χ1v) is 10.5. The number of benzene rings is 1. The summed E-state index contributed by atoms with van der Waals surface area (Å²) in [5, 5.41) is 33.5. The van der Waals surface area contributed by atoms with Crippen LogP contribution in [-0.2, 0) is 14.8 Å². The number of sulfonamides is 1. The Morgan fingerprint density at radius 1 is 1.23 bits per heavy atom. The van der Waals surface area contributed by atoms with Crippen molar-refractivity contribution in [3.8, 4) is 6.07 Å². The molecule has 30 heavy (non-hydrogen) atoms. The second-order valence-corrected chi connectivity index (χ2v) is 8.71. The van der Waals surface area contributed by atoms with Gasteiger partial charge in [0.1, 0.15) is 16.8 Å². The van der Waals surface area contributed by atoms with E-state index in [2.05, 4.69) is 25.4 Å². The molecule has 1 aromatic carbocycles. The van der Waals surface area contributed by atoms with Gasteiger partial charge in [-0.1, -0.05) is 16.5 Å². The number of nitriles is 1. The highest BCUT2D eigenvalue weighted by Gasteiger charge is 2.21. The molecule has 13 heteroatoms. The van der Waals surface area contributed by atoms with Crippen molar-refractivity contribution in [3.63, 3.8) is 0 Å². The van der Waals surface area contributed by atoms with Gasteiger partial charge in [-0.25, -0.2) is 8.42 Å². The van der Waals surface area contributed by atoms with Crippen LogP contribution in [0, 0.1) is 25.2 Å². The predicted molar refractivity (Wildman–Crippen MR) is 107 cm³/mol. The minimum Gasteiger partial charge on any atom is -0.506 e. The molecule has 3 rings (SSSR count). The van der Waals surface area contributed by atoms with Crippen LogP contribution in [0.15, 0.2) is 45.5 Å². The van der Waals surface area contributed by atoms with Gasteiger partial charge in [0.25, 0.3) is 15.9 Å². The van der Waals surface area contributed by atoms with Gasteiger partial charge < -0.3 is 14.9 Å². The fraction of sp³-hybridized carbons (Fsp3) is 0.118. The molecular weight excluding hydrogens is 432 g/mol. The smallest absolute Gasteiger partial charge is 0.270 e. The zero-order valence-electron chi connectivity index (χ0n) is 15.6. The Labute approximate surface area is 174 Å². The van der Waals surface area contributed by atoms with Crippen LogP contribution >= 0.6 is 11.3 Å². The van der Waals surface area contributed by atoms with E-state index >= 15 is 0 Å². The highest BCUT2D eigenvalue weighted by atomic mass is 32.2. The van der Waals surface area contributed by atoms with Crippen LogP contribution in [0.4, 0.5) is 10.8 Å². The molecule has 2 aromatic heterocycles. The normalized spacial score (nSPS) is 12.0. The number of carbonyl (C=O) groups excluding carboxylic acids is 1. The molecule has 0 aliphatic carbocycles. The van der Waals surface area contributed by atoms with Gasteiger partial charge in [0.15, 0.2) is 11.3 Å². The van der Waals surface area contributed by atoms with Gasteiger partial charge in [-0.15, -0.1) is 10.2 Å². The van der Waals surface area contributed by atoms with Crippen molar-refractivity contribution in [1.82, 2.24) is 15.4 Å². The minimum absolute atomic E-state index is 0.0626. The van der Waals surface area contributed by atoms with Crippen molar-refractivity contribution >= 4 is 43.8 Å². The molecule has 0 spiro atoms. The lowest BCUT2D eigenvalue weighted by atomic mass is 10.1. The van der Waals surface area contributed by atoms with Crippen molar-refractivity contribution in [1.29, 1.82) is 5.26 Å². The summed E-state index contributed by atoms with van der Waals surface area (Å²) in [6.45, 7) is 3.21. The van der Waals surface area contributed by atoms with E-state index in [4.69, 9.17) is 4.52 Å². The topological polar surface area (TPSA) is 171 Å². The first-order chi connectivity index (χ1) is 14.2. The van der Waals surface area contributed by atoms with Crippen molar-refractivity contribution in [2.75, 3.05) is 10.0 Å². The molecule has 3 N–H and O–H groups in total. The summed E-state index contributed by atoms with van der Waals surface area (Å²) < 4.78 is 31.9. The minimum atomic E-state index is -3.89. The third-order valence-corrected chi connectivity index (χ3v) is 5.99. The van der Waals surface area contributed by atoms with Gasteiger partial charge in [0, 0.05) is 5.69 Å². The zero-order valence-corrected chi connectivity index (χ0v) is 17.2. The van der Waals surface area contributed by atoms with E-state index in [0.717, 1.165) is 11.3 Å². The predicted octanol–water partition coefficient (Wildman–Crippen LogP) is 2.38. The molecule has 0 unspecified atom stereocenters. The number of aromatic nitrogens is 3. The van der Waals surface area contributed by atoms with E-state index in [0.29, 0.717) is 5.01 Å². The first kappa shape index (κ1) is 21.0. The second kappa shape index (κ2) is 8.31. The standard InChI is InChI=1S/C17H14N6O5S2/c1-9-14(8-19-28-9)15(24)13(7-18)16(25)20-11-3-5-12(6-4-11)30(26,27)23-17-22-21-10(2)29-17/h3-6,8,24H,1-2H3,(H,20,25)(H,22,23)/b15-13-. The Kier molecular flexibility index (Phi) is 5.81. The monoisotopic (exact) mass is 446 g/mol. The number of carbonyl (C=O) groups is 1. The number of hydrogen-bond donors (Lipinski definition) is 3. The Hall–Kier alpha value is -3.76. The first-order valence-electron chi connectivity index (χ1n) is 8.20. The molecule has 0 saturated carbocycles. The molecule has 0 radical (unpaired) electrons. The summed E-state index contributed by atoms with van der Waals surface area (Å²) in [5.41, 5.74) is -0.222. The van der Waals surface area contributed by atoms with Crippen molar-refractivity contribution < 1.29 is 22.8 Å². The molecule has 0 aliphatic heterocycles. The number of nitrogens with zero attached hydrogens (tertiary/aromatic N) is 4. The quantitative estimate of drug-likeness (QED) is 0.292. The molecule has 0 aliphatic rings. The summed E-state index contributed by atoms with van der Waals surface area (Å²) >= 11 is 1.09. The number of rotatable bonds is 6. The van der Waals surface area contributed by atoms with E-state index in [9.17, 15) is 23.6 Å². The van der Waals surface area contributed by atoms with E-state index in [1.165, 1.54) is 37.4 Å². The molecule has 0 saturated heterocycles. The number of nitrogens with one attached hydrogen (secondary N) is 2. The highest BCUT2D eigenvalue weighted by Crippen LogP contribution is 2.22. The maximum absolute atomic E-state index is 12.4. The average Bonchev–Trinajstić information content (AvgIpc) is 3.30. The van der Waals surface area contributed by atoms with Gasteiger partial charge >= 0.3 is 0 Å². The molecule has 0 fully saturated rings. The SMILES string of the molecule is Cc1nnc(NS(=O)(=O)c2ccc(NC(=O)/C(C#N)=C(\O)c3cnoc3C)cc2)s1. The van der Waals surface area contributed by atoms with Crippen LogP contribution in [0.5, 0.6) is 0 Å². The molecular formula is C17H14N6O5S2. The van der Waals surface area contributed by atoms with Crippen molar-refractivity contribution in [2.24, 2.45) is 0 Å². The van der Waals surface area contributed by atoms with Gasteiger partial charge in [0.05, 0.1) is 16.7 Å². The van der Waals surface area contributed by atoms with Crippen LogP contribution < -0.4 is 10.0 Å². The van der Waals surface area contributed by atoms with Crippen molar-refractivity contribution in [2.45, 2.75) is 18.7 Å². The molecule has 154 valence electrons. The Bertz CT molecular complexity index is 1270. The number of hydrogen-bond acceptors (Lipinski definition) is 10. The largest absolute Gasteiger partial charge is 0.506 e. The summed E-state index contributed by atoms with van der Waals surface area (Å²) in [4.78, 5) is 12.3. The number of aliphatic hydroxyl groups is 1. The van der Waals surface area contributed by atoms with Crippen LogP contribution in [0.25, 0.3) is 5.76 Å². The molecule has 2 heterocycles. The zero-order chi connectivity index (χ0) is 21.9. The fourth-order valence-electron chi connectivity index (χ4n) is 2.29. The van der Waals surface area contributed by atoms with E-state index in [1.807, 2.05) is 0 Å². The summed E-state index contributed by atoms with van der Waals surface area (Å²) in [6.07, 6.45) is 1.18. The average molecular weight is 446 g/mol. The highest BCUT2D eigenvalue weighted by molar-refractivity contribution is 7.93. The van der Waals surface area contributed by atoms with Gasteiger partial charge in [0.2, 0.25) is 5.13 Å². The lowest BCUT2D eigenvalue weighted by Gasteiger charge is -2.08. The fourth-order valence-corrected chi connectivity index (χ4v) is 4.12. The summed E-state index contributed by atoms with van der Waals surface area (Å²) in [7, 11) is -3.89. The maximum Gasteiger partial charge on any atom is 0.270 e. The number of aryl methyl sites for hydroxylation is 2. The van der Waals surface area contributed by atoms with Gasteiger partial charge in [-0.3, -0.25) is 9.52 Å². The molecule has 0 atom stereocenters.